The lowest BCUT2D eigenvalue weighted by molar-refractivity contribution is -0.139. The van der Waals surface area contributed by atoms with Gasteiger partial charge < -0.3 is 19.9 Å². The Morgan fingerprint density at radius 2 is 2.06 bits per heavy atom. The van der Waals surface area contributed by atoms with Crippen LogP contribution >= 0.6 is 0 Å². The lowest BCUT2D eigenvalue weighted by atomic mass is 9.51. The summed E-state index contributed by atoms with van der Waals surface area (Å²) in [6.07, 6.45) is 10.1. The van der Waals surface area contributed by atoms with E-state index in [9.17, 15) is 14.7 Å². The highest BCUT2D eigenvalue weighted by atomic mass is 16.6. The predicted octanol–water partition coefficient (Wildman–Crippen LogP) is 3.43. The highest BCUT2D eigenvalue weighted by Gasteiger charge is 2.57. The molecule has 9 heteroatoms. The number of aromatic nitrogens is 2. The van der Waals surface area contributed by atoms with E-state index in [1.807, 2.05) is 19.9 Å². The minimum absolute atomic E-state index is 0.212. The fraction of sp³-hybridized carbons (Fsp3) is 0.731. The molecular formula is C26H38N4O5. The summed E-state index contributed by atoms with van der Waals surface area (Å²) >= 11 is 0. The second-order valence-corrected chi connectivity index (χ2v) is 12.2. The minimum atomic E-state index is -0.649. The van der Waals surface area contributed by atoms with Crippen LogP contribution < -0.4 is 10.1 Å². The lowest BCUT2D eigenvalue weighted by Gasteiger charge is -2.60. The first-order valence-corrected chi connectivity index (χ1v) is 12.9. The van der Waals surface area contributed by atoms with Crippen molar-refractivity contribution >= 4 is 18.2 Å². The van der Waals surface area contributed by atoms with Gasteiger partial charge in [0, 0.05) is 11.7 Å². The van der Waals surface area contributed by atoms with E-state index in [-0.39, 0.29) is 23.5 Å². The first kappa shape index (κ1) is 24.2. The molecule has 1 aromatic heterocycles. The summed E-state index contributed by atoms with van der Waals surface area (Å²) in [6, 6.07) is 0. The molecular weight excluding hydrogens is 448 g/mol. The van der Waals surface area contributed by atoms with Crippen molar-refractivity contribution in [1.82, 2.24) is 20.0 Å². The van der Waals surface area contributed by atoms with Gasteiger partial charge in [0.05, 0.1) is 30.5 Å². The van der Waals surface area contributed by atoms with Gasteiger partial charge in [-0.15, -0.1) is 0 Å². The van der Waals surface area contributed by atoms with Crippen molar-refractivity contribution < 1.29 is 24.2 Å². The van der Waals surface area contributed by atoms with Crippen molar-refractivity contribution in [3.63, 3.8) is 0 Å². The fourth-order valence-electron chi connectivity index (χ4n) is 6.93. The van der Waals surface area contributed by atoms with Crippen LogP contribution in [0, 0.1) is 17.8 Å². The number of nitrogens with zero attached hydrogens (tertiary/aromatic N) is 3. The van der Waals surface area contributed by atoms with Gasteiger partial charge in [-0.05, 0) is 76.2 Å². The number of nitrogens with one attached hydrogen (secondary N) is 1. The van der Waals surface area contributed by atoms with Crippen molar-refractivity contribution in [2.24, 2.45) is 17.8 Å². The highest BCUT2D eigenvalue weighted by molar-refractivity contribution is 5.97. The second-order valence-electron chi connectivity index (χ2n) is 12.2. The van der Waals surface area contributed by atoms with Crippen LogP contribution in [0.2, 0.25) is 0 Å². The summed E-state index contributed by atoms with van der Waals surface area (Å²) < 4.78 is 12.7. The molecule has 2 unspecified atom stereocenters. The third kappa shape index (κ3) is 4.67. The third-order valence-corrected chi connectivity index (χ3v) is 8.04. The van der Waals surface area contributed by atoms with Gasteiger partial charge in [-0.1, -0.05) is 13.8 Å². The smallest absolute Gasteiger partial charge is 0.410 e. The molecule has 0 spiro atoms. The average molecular weight is 487 g/mol. The Hall–Kier alpha value is -2.55. The zero-order valence-corrected chi connectivity index (χ0v) is 21.2. The summed E-state index contributed by atoms with van der Waals surface area (Å²) in [4.78, 5) is 27.3. The quantitative estimate of drug-likeness (QED) is 0.583. The molecule has 4 bridgehead atoms. The second kappa shape index (κ2) is 8.54. The van der Waals surface area contributed by atoms with E-state index in [1.165, 1.54) is 0 Å². The molecule has 2 amide bonds. The maximum Gasteiger partial charge on any atom is 0.410 e. The fourth-order valence-corrected chi connectivity index (χ4v) is 6.93. The van der Waals surface area contributed by atoms with Crippen LogP contribution in [0.4, 0.5) is 4.79 Å². The van der Waals surface area contributed by atoms with Crippen LogP contribution in [0.25, 0.3) is 6.20 Å². The van der Waals surface area contributed by atoms with Gasteiger partial charge in [-0.2, -0.15) is 5.10 Å². The van der Waals surface area contributed by atoms with E-state index in [1.54, 1.807) is 22.0 Å². The summed E-state index contributed by atoms with van der Waals surface area (Å²) in [5.41, 5.74) is -1.21. The van der Waals surface area contributed by atoms with Gasteiger partial charge in [0.15, 0.2) is 0 Å². The third-order valence-electron chi connectivity index (χ3n) is 8.04. The molecule has 5 aliphatic rings. The number of hydrogen-bond donors (Lipinski definition) is 2. The van der Waals surface area contributed by atoms with Crippen LogP contribution in [0.3, 0.4) is 0 Å². The number of hydrogen-bond acceptors (Lipinski definition) is 6. The molecule has 1 aromatic rings. The van der Waals surface area contributed by atoms with E-state index in [0.717, 1.165) is 32.1 Å². The molecule has 5 fully saturated rings. The summed E-state index contributed by atoms with van der Waals surface area (Å²) in [5.74, 6) is 1.39. The Morgan fingerprint density at radius 3 is 2.66 bits per heavy atom. The van der Waals surface area contributed by atoms with Gasteiger partial charge in [0.2, 0.25) is 5.88 Å². The molecule has 2 N–H and O–H groups in total. The number of rotatable bonds is 8. The van der Waals surface area contributed by atoms with Crippen LogP contribution in [0.1, 0.15) is 76.6 Å². The minimum Gasteiger partial charge on any atom is -0.477 e. The van der Waals surface area contributed by atoms with Gasteiger partial charge in [0.1, 0.15) is 12.2 Å². The molecule has 2 atom stereocenters. The largest absolute Gasteiger partial charge is 0.477 e. The Morgan fingerprint density at radius 1 is 1.34 bits per heavy atom. The van der Waals surface area contributed by atoms with E-state index in [4.69, 9.17) is 9.47 Å². The summed E-state index contributed by atoms with van der Waals surface area (Å²) in [7, 11) is 0. The Balaban J connectivity index is 1.38. The zero-order valence-electron chi connectivity index (χ0n) is 21.2. The number of amides is 2. The SMILES string of the molecule is CC(C)COc1c(C(=O)NC23CC4CC(CC(O)(C4)C2)C3)cnn1/C=C/C(C)(C)N1CCOC1=O. The Kier molecular flexibility index (Phi) is 5.89. The normalized spacial score (nSPS) is 32.1. The number of ether oxygens (including phenoxy) is 2. The van der Waals surface area contributed by atoms with Gasteiger partial charge >= 0.3 is 6.09 Å². The molecule has 0 aromatic carbocycles. The van der Waals surface area contributed by atoms with Crippen molar-refractivity contribution in [2.45, 2.75) is 82.9 Å². The zero-order chi connectivity index (χ0) is 25.0. The monoisotopic (exact) mass is 486 g/mol. The van der Waals surface area contributed by atoms with Gasteiger partial charge in [0.25, 0.3) is 5.91 Å². The van der Waals surface area contributed by atoms with Crippen LogP contribution in [-0.4, -0.2) is 68.2 Å². The molecule has 1 aliphatic heterocycles. The number of cyclic esters (lactones) is 1. The molecule has 4 saturated carbocycles. The van der Waals surface area contributed by atoms with Crippen LogP contribution in [-0.2, 0) is 4.74 Å². The molecule has 192 valence electrons. The molecule has 1 saturated heterocycles. The Labute approximate surface area is 206 Å². The molecule has 9 nitrogen and oxygen atoms in total. The predicted molar refractivity (Wildman–Crippen MR) is 130 cm³/mol. The van der Waals surface area contributed by atoms with Crippen molar-refractivity contribution in [1.29, 1.82) is 0 Å². The highest BCUT2D eigenvalue weighted by Crippen LogP contribution is 2.57. The van der Waals surface area contributed by atoms with Crippen molar-refractivity contribution in [3.8, 4) is 5.88 Å². The standard InChI is InChI=1S/C26H38N4O5/c1-17(2)15-35-22-20(14-27-30(22)6-5-24(3,4)29-7-8-34-23(29)32)21(31)28-25-10-18-9-19(11-25)13-26(33,12-18)16-25/h5-6,14,17-19,33H,7-13,15-16H2,1-4H3,(H,28,31)/b6-5+. The molecule has 6 rings (SSSR count). The van der Waals surface area contributed by atoms with Crippen LogP contribution in [0.5, 0.6) is 5.88 Å². The van der Waals surface area contributed by atoms with Crippen molar-refractivity contribution in [3.05, 3.63) is 17.8 Å². The number of carbonyl (C=O) groups excluding carboxylic acids is 2. The maximum atomic E-state index is 13.5. The lowest BCUT2D eigenvalue weighted by Crippen LogP contribution is -2.65. The van der Waals surface area contributed by atoms with Crippen LogP contribution in [0.15, 0.2) is 12.3 Å². The van der Waals surface area contributed by atoms with E-state index < -0.39 is 11.1 Å². The maximum absolute atomic E-state index is 13.5. The van der Waals surface area contributed by atoms with Crippen molar-refractivity contribution in [2.75, 3.05) is 19.8 Å². The first-order chi connectivity index (χ1) is 16.5. The van der Waals surface area contributed by atoms with Gasteiger partial charge in [-0.25, -0.2) is 9.48 Å². The number of carbonyl (C=O) groups is 2. The molecule has 4 aliphatic carbocycles. The first-order valence-electron chi connectivity index (χ1n) is 12.9. The Bertz CT molecular complexity index is 1010. The molecule has 2 heterocycles. The van der Waals surface area contributed by atoms with E-state index in [2.05, 4.69) is 24.3 Å². The van der Waals surface area contributed by atoms with E-state index in [0.29, 0.717) is 49.5 Å². The van der Waals surface area contributed by atoms with Gasteiger partial charge in [-0.3, -0.25) is 9.69 Å². The van der Waals surface area contributed by atoms with E-state index >= 15 is 0 Å². The molecule has 0 radical (unpaired) electrons. The topological polar surface area (TPSA) is 106 Å². The average Bonchev–Trinajstić information content (AvgIpc) is 3.35. The summed E-state index contributed by atoms with van der Waals surface area (Å²) in [6.45, 7) is 9.30. The summed E-state index contributed by atoms with van der Waals surface area (Å²) in [5, 5.41) is 18.8. The number of aliphatic hydroxyl groups is 1. The molecule has 35 heavy (non-hydrogen) atoms.